The molecule has 2 aromatic carbocycles. The molecule has 0 aliphatic heterocycles. The van der Waals surface area contributed by atoms with Gasteiger partial charge in [0.25, 0.3) is 0 Å². The largest absolute Gasteiger partial charge is 0.507 e. The van der Waals surface area contributed by atoms with E-state index in [-0.39, 0.29) is 11.7 Å². The predicted octanol–water partition coefficient (Wildman–Crippen LogP) is 5.94. The first kappa shape index (κ1) is 19.5. The molecule has 0 fully saturated rings. The van der Waals surface area contributed by atoms with Crippen LogP contribution in [-0.2, 0) is 19.3 Å². The van der Waals surface area contributed by atoms with Crippen molar-refractivity contribution in [2.75, 3.05) is 0 Å². The van der Waals surface area contributed by atoms with Crippen molar-refractivity contribution < 1.29 is 9.52 Å². The molecule has 1 N–H and O–H groups in total. The van der Waals surface area contributed by atoms with Gasteiger partial charge in [0.05, 0.1) is 0 Å². The molecular formula is C26H28O3. The highest BCUT2D eigenvalue weighted by atomic mass is 16.4. The molecule has 0 bridgehead atoms. The topological polar surface area (TPSA) is 50.4 Å². The van der Waals surface area contributed by atoms with Gasteiger partial charge in [0.2, 0.25) is 0 Å². The first-order chi connectivity index (χ1) is 14.1. The van der Waals surface area contributed by atoms with Gasteiger partial charge in [0, 0.05) is 12.0 Å². The summed E-state index contributed by atoms with van der Waals surface area (Å²) >= 11 is 0. The normalized spacial score (nSPS) is 14.4. The van der Waals surface area contributed by atoms with Crippen molar-refractivity contribution in [3.8, 4) is 16.9 Å². The third-order valence-electron chi connectivity index (χ3n) is 6.16. The van der Waals surface area contributed by atoms with Crippen molar-refractivity contribution in [1.82, 2.24) is 0 Å². The second kappa shape index (κ2) is 8.28. The maximum atomic E-state index is 13.0. The van der Waals surface area contributed by atoms with Crippen molar-refractivity contribution in [2.45, 2.75) is 58.3 Å². The van der Waals surface area contributed by atoms with Gasteiger partial charge in [-0.15, -0.1) is 0 Å². The minimum atomic E-state index is -0.436. The van der Waals surface area contributed by atoms with Gasteiger partial charge in [-0.05, 0) is 73.3 Å². The Morgan fingerprint density at radius 1 is 1.03 bits per heavy atom. The molecule has 1 unspecified atom stereocenters. The van der Waals surface area contributed by atoms with Gasteiger partial charge in [0.1, 0.15) is 17.1 Å². The number of rotatable bonds is 5. The fourth-order valence-electron chi connectivity index (χ4n) is 4.57. The van der Waals surface area contributed by atoms with Crippen LogP contribution in [0.15, 0.2) is 57.7 Å². The van der Waals surface area contributed by atoms with Crippen LogP contribution in [0.2, 0.25) is 0 Å². The van der Waals surface area contributed by atoms with Crippen molar-refractivity contribution in [2.24, 2.45) is 0 Å². The van der Waals surface area contributed by atoms with Crippen LogP contribution in [0.25, 0.3) is 11.1 Å². The standard InChI is InChI=1S/C26H28O3/c1-3-19(15-18-9-5-4-6-10-18)23-16-22(27)25(26(28)29-23)24-17(2)13-14-20-11-7-8-12-21(20)24/h4-6,9-10,13-14,16,19,27H,3,7-8,11-12,15H2,1-2H3. The summed E-state index contributed by atoms with van der Waals surface area (Å²) < 4.78 is 5.80. The summed E-state index contributed by atoms with van der Waals surface area (Å²) in [6.45, 7) is 4.08. The van der Waals surface area contributed by atoms with Gasteiger partial charge in [-0.25, -0.2) is 4.79 Å². The van der Waals surface area contributed by atoms with E-state index in [4.69, 9.17) is 4.42 Å². The molecule has 3 nitrogen and oxygen atoms in total. The van der Waals surface area contributed by atoms with Gasteiger partial charge >= 0.3 is 5.63 Å². The Morgan fingerprint density at radius 3 is 2.52 bits per heavy atom. The predicted molar refractivity (Wildman–Crippen MR) is 117 cm³/mol. The zero-order chi connectivity index (χ0) is 20.4. The Hall–Kier alpha value is -2.81. The molecule has 1 aliphatic carbocycles. The Labute approximate surface area is 172 Å². The van der Waals surface area contributed by atoms with E-state index < -0.39 is 5.63 Å². The highest BCUT2D eigenvalue weighted by Gasteiger charge is 2.24. The summed E-state index contributed by atoms with van der Waals surface area (Å²) in [5.74, 6) is 0.644. The van der Waals surface area contributed by atoms with E-state index in [1.165, 1.54) is 23.1 Å². The molecule has 29 heavy (non-hydrogen) atoms. The van der Waals surface area contributed by atoms with E-state index in [0.717, 1.165) is 43.2 Å². The summed E-state index contributed by atoms with van der Waals surface area (Å²) in [6, 6.07) is 16.1. The summed E-state index contributed by atoms with van der Waals surface area (Å²) in [4.78, 5) is 13.0. The van der Waals surface area contributed by atoms with Crippen molar-refractivity contribution in [1.29, 1.82) is 0 Å². The number of aromatic hydroxyl groups is 1. The van der Waals surface area contributed by atoms with Gasteiger partial charge in [-0.3, -0.25) is 0 Å². The van der Waals surface area contributed by atoms with Gasteiger partial charge in [-0.2, -0.15) is 0 Å². The zero-order valence-corrected chi connectivity index (χ0v) is 17.2. The molecule has 1 heterocycles. The lowest BCUT2D eigenvalue weighted by Crippen LogP contribution is -2.13. The van der Waals surface area contributed by atoms with Crippen LogP contribution >= 0.6 is 0 Å². The van der Waals surface area contributed by atoms with E-state index in [1.807, 2.05) is 25.1 Å². The molecule has 150 valence electrons. The van der Waals surface area contributed by atoms with E-state index in [9.17, 15) is 9.90 Å². The Balaban J connectivity index is 1.76. The smallest absolute Gasteiger partial charge is 0.347 e. The van der Waals surface area contributed by atoms with Crippen molar-refractivity contribution in [3.05, 3.63) is 87.0 Å². The van der Waals surface area contributed by atoms with Crippen LogP contribution in [0.4, 0.5) is 0 Å². The van der Waals surface area contributed by atoms with Crippen LogP contribution in [0, 0.1) is 6.92 Å². The molecule has 3 heteroatoms. The van der Waals surface area contributed by atoms with Gasteiger partial charge in [0.15, 0.2) is 0 Å². The highest BCUT2D eigenvalue weighted by Crippen LogP contribution is 2.38. The fourth-order valence-corrected chi connectivity index (χ4v) is 4.57. The molecule has 1 atom stereocenters. The Kier molecular flexibility index (Phi) is 5.57. The van der Waals surface area contributed by atoms with E-state index in [2.05, 4.69) is 31.2 Å². The summed E-state index contributed by atoms with van der Waals surface area (Å²) in [7, 11) is 0. The minimum absolute atomic E-state index is 0.0323. The SMILES string of the molecule is CCC(Cc1ccccc1)c1cc(O)c(-c2c(C)ccc3c2CCCC3)c(=O)o1. The fraction of sp³-hybridized carbons (Fsp3) is 0.346. The minimum Gasteiger partial charge on any atom is -0.507 e. The maximum Gasteiger partial charge on any atom is 0.347 e. The molecular weight excluding hydrogens is 360 g/mol. The Bertz CT molecular complexity index is 1060. The maximum absolute atomic E-state index is 13.0. The van der Waals surface area contributed by atoms with Crippen LogP contribution in [0.5, 0.6) is 5.75 Å². The van der Waals surface area contributed by atoms with E-state index in [0.29, 0.717) is 11.3 Å². The summed E-state index contributed by atoms with van der Waals surface area (Å²) in [6.07, 6.45) is 5.87. The summed E-state index contributed by atoms with van der Waals surface area (Å²) in [5, 5.41) is 10.9. The molecule has 0 radical (unpaired) electrons. The zero-order valence-electron chi connectivity index (χ0n) is 17.2. The summed E-state index contributed by atoms with van der Waals surface area (Å²) in [5.41, 5.74) is 5.44. The lowest BCUT2D eigenvalue weighted by Gasteiger charge is -2.22. The second-order valence-corrected chi connectivity index (χ2v) is 8.09. The first-order valence-corrected chi connectivity index (χ1v) is 10.6. The highest BCUT2D eigenvalue weighted by molar-refractivity contribution is 5.76. The molecule has 0 amide bonds. The monoisotopic (exact) mass is 388 g/mol. The average molecular weight is 389 g/mol. The van der Waals surface area contributed by atoms with Crippen LogP contribution in [0.3, 0.4) is 0 Å². The van der Waals surface area contributed by atoms with Crippen LogP contribution in [0.1, 0.15) is 60.1 Å². The first-order valence-electron chi connectivity index (χ1n) is 10.6. The van der Waals surface area contributed by atoms with Gasteiger partial charge < -0.3 is 9.52 Å². The lowest BCUT2D eigenvalue weighted by atomic mass is 9.83. The number of fused-ring (bicyclic) bond motifs is 1. The number of aryl methyl sites for hydroxylation is 2. The second-order valence-electron chi connectivity index (χ2n) is 8.09. The third-order valence-corrected chi connectivity index (χ3v) is 6.16. The number of hydrogen-bond donors (Lipinski definition) is 1. The molecule has 1 aromatic heterocycles. The lowest BCUT2D eigenvalue weighted by molar-refractivity contribution is 0.396. The molecule has 3 aromatic rings. The molecule has 0 saturated carbocycles. The van der Waals surface area contributed by atoms with Crippen LogP contribution in [-0.4, -0.2) is 5.11 Å². The third kappa shape index (κ3) is 3.87. The van der Waals surface area contributed by atoms with E-state index in [1.54, 1.807) is 6.07 Å². The number of benzene rings is 2. The van der Waals surface area contributed by atoms with Crippen molar-refractivity contribution in [3.63, 3.8) is 0 Å². The molecule has 1 aliphatic rings. The quantitative estimate of drug-likeness (QED) is 0.589. The van der Waals surface area contributed by atoms with Crippen molar-refractivity contribution >= 4 is 0 Å². The van der Waals surface area contributed by atoms with Crippen LogP contribution < -0.4 is 5.63 Å². The average Bonchev–Trinajstić information content (AvgIpc) is 2.73. The van der Waals surface area contributed by atoms with Gasteiger partial charge in [-0.1, -0.05) is 49.4 Å². The molecule has 0 saturated heterocycles. The van der Waals surface area contributed by atoms with E-state index >= 15 is 0 Å². The number of hydrogen-bond acceptors (Lipinski definition) is 3. The molecule has 4 rings (SSSR count). The molecule has 0 spiro atoms. The Morgan fingerprint density at radius 2 is 1.79 bits per heavy atom.